The number of benzene rings is 2. The van der Waals surface area contributed by atoms with Crippen molar-refractivity contribution in [3.8, 4) is 11.5 Å². The zero-order chi connectivity index (χ0) is 14.9. The summed E-state index contributed by atoms with van der Waals surface area (Å²) in [5, 5.41) is 9.99. The van der Waals surface area contributed by atoms with E-state index < -0.39 is 6.10 Å². The number of methoxy groups -OCH3 is 1. The minimum atomic E-state index is -0.646. The minimum Gasteiger partial charge on any atom is -0.497 e. The average Bonchev–Trinajstić information content (AvgIpc) is 2.55. The van der Waals surface area contributed by atoms with Gasteiger partial charge in [-0.15, -0.1) is 0 Å². The van der Waals surface area contributed by atoms with Crippen LogP contribution in [-0.2, 0) is 4.74 Å². The highest BCUT2D eigenvalue weighted by Crippen LogP contribution is 2.17. The average molecular weight is 288 g/mol. The number of rotatable bonds is 8. The van der Waals surface area contributed by atoms with E-state index in [0.717, 1.165) is 17.1 Å². The van der Waals surface area contributed by atoms with Crippen molar-refractivity contribution in [1.82, 2.24) is 0 Å². The van der Waals surface area contributed by atoms with Gasteiger partial charge in [0, 0.05) is 0 Å². The van der Waals surface area contributed by atoms with Gasteiger partial charge in [0.1, 0.15) is 24.2 Å². The van der Waals surface area contributed by atoms with Gasteiger partial charge in [-0.1, -0.05) is 30.3 Å². The number of hydrogen-bond acceptors (Lipinski definition) is 4. The molecule has 0 aliphatic rings. The Labute approximate surface area is 124 Å². The van der Waals surface area contributed by atoms with Crippen LogP contribution < -0.4 is 9.47 Å². The van der Waals surface area contributed by atoms with E-state index in [1.165, 1.54) is 0 Å². The van der Waals surface area contributed by atoms with Crippen LogP contribution in [0, 0.1) is 0 Å². The van der Waals surface area contributed by atoms with E-state index >= 15 is 0 Å². The SMILES string of the molecule is COc1ccc(C(O)COCCOc2ccccc2)cc1. The van der Waals surface area contributed by atoms with Gasteiger partial charge in [0.05, 0.1) is 20.3 Å². The monoisotopic (exact) mass is 288 g/mol. The fourth-order valence-electron chi connectivity index (χ4n) is 1.85. The lowest BCUT2D eigenvalue weighted by Gasteiger charge is -2.12. The molecule has 0 spiro atoms. The molecule has 0 aliphatic heterocycles. The summed E-state index contributed by atoms with van der Waals surface area (Å²) in [6.45, 7) is 1.13. The maximum absolute atomic E-state index is 9.99. The smallest absolute Gasteiger partial charge is 0.119 e. The van der Waals surface area contributed by atoms with E-state index in [0.29, 0.717) is 13.2 Å². The Bertz CT molecular complexity index is 510. The maximum atomic E-state index is 9.99. The van der Waals surface area contributed by atoms with Gasteiger partial charge in [-0.25, -0.2) is 0 Å². The third-order valence-corrected chi connectivity index (χ3v) is 3.02. The molecule has 0 radical (unpaired) electrons. The second kappa shape index (κ2) is 8.29. The molecule has 1 N–H and O–H groups in total. The number of aliphatic hydroxyl groups excluding tert-OH is 1. The summed E-state index contributed by atoms with van der Waals surface area (Å²) in [5.74, 6) is 1.58. The molecule has 2 rings (SSSR count). The van der Waals surface area contributed by atoms with Crippen molar-refractivity contribution >= 4 is 0 Å². The lowest BCUT2D eigenvalue weighted by atomic mass is 10.1. The molecule has 0 saturated carbocycles. The first-order valence-corrected chi connectivity index (χ1v) is 6.87. The van der Waals surface area contributed by atoms with E-state index in [1.807, 2.05) is 54.6 Å². The quantitative estimate of drug-likeness (QED) is 0.759. The third-order valence-electron chi connectivity index (χ3n) is 3.02. The van der Waals surface area contributed by atoms with Crippen LogP contribution in [-0.4, -0.2) is 32.0 Å². The number of hydrogen-bond donors (Lipinski definition) is 1. The van der Waals surface area contributed by atoms with Gasteiger partial charge in [-0.3, -0.25) is 0 Å². The molecule has 0 fully saturated rings. The fourth-order valence-corrected chi connectivity index (χ4v) is 1.85. The van der Waals surface area contributed by atoms with Crippen molar-refractivity contribution in [2.45, 2.75) is 6.10 Å². The van der Waals surface area contributed by atoms with E-state index in [9.17, 15) is 5.11 Å². The topological polar surface area (TPSA) is 47.9 Å². The summed E-state index contributed by atoms with van der Waals surface area (Å²) in [6, 6.07) is 16.9. The molecule has 4 nitrogen and oxygen atoms in total. The highest BCUT2D eigenvalue weighted by Gasteiger charge is 2.07. The van der Waals surface area contributed by atoms with E-state index in [2.05, 4.69) is 0 Å². The Kier molecular flexibility index (Phi) is 6.06. The molecule has 4 heteroatoms. The summed E-state index contributed by atoms with van der Waals surface area (Å²) in [4.78, 5) is 0. The second-order valence-electron chi connectivity index (χ2n) is 4.53. The molecule has 2 aromatic carbocycles. The zero-order valence-electron chi connectivity index (χ0n) is 12.1. The molecule has 0 aliphatic carbocycles. The Balaban J connectivity index is 1.65. The zero-order valence-corrected chi connectivity index (χ0v) is 12.1. The molecule has 0 heterocycles. The summed E-state index contributed by atoms with van der Waals surface area (Å²) in [6.07, 6.45) is -0.646. The summed E-state index contributed by atoms with van der Waals surface area (Å²) in [5.41, 5.74) is 0.805. The standard InChI is InChI=1S/C17H20O4/c1-19-15-9-7-14(8-10-15)17(18)13-20-11-12-21-16-5-3-2-4-6-16/h2-10,17-18H,11-13H2,1H3. The van der Waals surface area contributed by atoms with Crippen LogP contribution in [0.2, 0.25) is 0 Å². The Morgan fingerprint density at radius 2 is 1.62 bits per heavy atom. The highest BCUT2D eigenvalue weighted by atomic mass is 16.5. The summed E-state index contributed by atoms with van der Waals surface area (Å²) in [7, 11) is 1.61. The molecule has 21 heavy (non-hydrogen) atoms. The number of para-hydroxylation sites is 1. The van der Waals surface area contributed by atoms with Crippen LogP contribution in [0.1, 0.15) is 11.7 Å². The second-order valence-corrected chi connectivity index (χ2v) is 4.53. The molecule has 1 unspecified atom stereocenters. The van der Waals surface area contributed by atoms with Gasteiger partial charge >= 0.3 is 0 Å². The number of aliphatic hydroxyl groups is 1. The van der Waals surface area contributed by atoms with Crippen LogP contribution in [0.25, 0.3) is 0 Å². The Morgan fingerprint density at radius 1 is 0.905 bits per heavy atom. The van der Waals surface area contributed by atoms with Gasteiger partial charge < -0.3 is 19.3 Å². The van der Waals surface area contributed by atoms with Crippen molar-refractivity contribution in [3.05, 3.63) is 60.2 Å². The van der Waals surface area contributed by atoms with Crippen molar-refractivity contribution in [3.63, 3.8) is 0 Å². The fraction of sp³-hybridized carbons (Fsp3) is 0.294. The first kappa shape index (κ1) is 15.4. The van der Waals surface area contributed by atoms with Crippen molar-refractivity contribution < 1.29 is 19.3 Å². The molecule has 2 aromatic rings. The highest BCUT2D eigenvalue weighted by molar-refractivity contribution is 5.28. The third kappa shape index (κ3) is 5.10. The maximum Gasteiger partial charge on any atom is 0.119 e. The van der Waals surface area contributed by atoms with Gasteiger partial charge in [-0.2, -0.15) is 0 Å². The molecular weight excluding hydrogens is 268 g/mol. The van der Waals surface area contributed by atoms with Crippen LogP contribution in [0.5, 0.6) is 11.5 Å². The lowest BCUT2D eigenvalue weighted by Crippen LogP contribution is -2.12. The van der Waals surface area contributed by atoms with E-state index in [-0.39, 0.29) is 6.61 Å². The predicted octanol–water partition coefficient (Wildman–Crippen LogP) is 2.82. The minimum absolute atomic E-state index is 0.241. The van der Waals surface area contributed by atoms with Crippen molar-refractivity contribution in [2.75, 3.05) is 26.9 Å². The van der Waals surface area contributed by atoms with Gasteiger partial charge in [0.15, 0.2) is 0 Å². The molecule has 0 aromatic heterocycles. The van der Waals surface area contributed by atoms with Crippen LogP contribution in [0.3, 0.4) is 0 Å². The molecule has 112 valence electrons. The Hall–Kier alpha value is -2.04. The summed E-state index contributed by atoms with van der Waals surface area (Å²) >= 11 is 0. The van der Waals surface area contributed by atoms with Crippen LogP contribution >= 0.6 is 0 Å². The molecule has 1 atom stereocenters. The van der Waals surface area contributed by atoms with Gasteiger partial charge in [0.25, 0.3) is 0 Å². The first-order chi connectivity index (χ1) is 10.3. The lowest BCUT2D eigenvalue weighted by molar-refractivity contribution is 0.0239. The van der Waals surface area contributed by atoms with Gasteiger partial charge in [-0.05, 0) is 29.8 Å². The normalized spacial score (nSPS) is 11.9. The largest absolute Gasteiger partial charge is 0.497 e. The summed E-state index contributed by atoms with van der Waals surface area (Å²) < 4.78 is 16.0. The molecule has 0 saturated heterocycles. The van der Waals surface area contributed by atoms with E-state index in [4.69, 9.17) is 14.2 Å². The van der Waals surface area contributed by atoms with Gasteiger partial charge in [0.2, 0.25) is 0 Å². The van der Waals surface area contributed by atoms with E-state index in [1.54, 1.807) is 7.11 Å². The molecule has 0 amide bonds. The first-order valence-electron chi connectivity index (χ1n) is 6.87. The molecular formula is C17H20O4. The number of ether oxygens (including phenoxy) is 3. The van der Waals surface area contributed by atoms with Crippen molar-refractivity contribution in [1.29, 1.82) is 0 Å². The Morgan fingerprint density at radius 3 is 2.29 bits per heavy atom. The molecule has 0 bridgehead atoms. The predicted molar refractivity (Wildman–Crippen MR) is 80.7 cm³/mol. The van der Waals surface area contributed by atoms with Crippen LogP contribution in [0.15, 0.2) is 54.6 Å². The van der Waals surface area contributed by atoms with Crippen molar-refractivity contribution in [2.24, 2.45) is 0 Å². The van der Waals surface area contributed by atoms with Crippen LogP contribution in [0.4, 0.5) is 0 Å².